The van der Waals surface area contributed by atoms with Gasteiger partial charge in [-0.2, -0.15) is 0 Å². The van der Waals surface area contributed by atoms with Gasteiger partial charge in [-0.15, -0.1) is 11.3 Å². The average molecular weight is 379 g/mol. The number of piperidine rings is 1. The number of carbonyl (C=O) groups excluding carboxylic acids is 3. The van der Waals surface area contributed by atoms with E-state index >= 15 is 0 Å². The molecule has 1 aliphatic heterocycles. The number of likely N-dealkylation sites (tertiary alicyclic amines) is 1. The molecule has 0 bridgehead atoms. The van der Waals surface area contributed by atoms with E-state index in [4.69, 9.17) is 9.47 Å². The maximum Gasteiger partial charge on any atom is 0.348 e. The fourth-order valence-corrected chi connectivity index (χ4v) is 4.68. The molecule has 0 radical (unpaired) electrons. The van der Waals surface area contributed by atoms with E-state index in [-0.39, 0.29) is 24.4 Å². The van der Waals surface area contributed by atoms with E-state index in [1.54, 1.807) is 11.8 Å². The summed E-state index contributed by atoms with van der Waals surface area (Å²) < 4.78 is 10.3. The van der Waals surface area contributed by atoms with Crippen molar-refractivity contribution in [2.45, 2.75) is 45.4 Å². The monoisotopic (exact) mass is 379 g/mol. The van der Waals surface area contributed by atoms with E-state index in [2.05, 4.69) is 0 Å². The van der Waals surface area contributed by atoms with Crippen LogP contribution in [-0.2, 0) is 31.9 Å². The molecule has 1 fully saturated rings. The lowest BCUT2D eigenvalue weighted by molar-refractivity contribution is -0.151. The molecule has 1 unspecified atom stereocenters. The number of thiophene rings is 1. The molecular formula is C19H25NO5S. The van der Waals surface area contributed by atoms with Crippen LogP contribution in [0.3, 0.4) is 0 Å². The van der Waals surface area contributed by atoms with Crippen molar-refractivity contribution >= 4 is 29.2 Å². The molecule has 3 rings (SSSR count). The first-order valence-electron chi connectivity index (χ1n) is 9.31. The molecule has 26 heavy (non-hydrogen) atoms. The van der Waals surface area contributed by atoms with Crippen LogP contribution in [0.15, 0.2) is 6.07 Å². The highest BCUT2D eigenvalue weighted by Gasteiger charge is 2.30. The third-order valence-electron chi connectivity index (χ3n) is 4.92. The quantitative estimate of drug-likeness (QED) is 0.735. The number of carbonyl (C=O) groups is 3. The molecule has 1 aromatic rings. The first kappa shape index (κ1) is 18.9. The highest BCUT2D eigenvalue weighted by Crippen LogP contribution is 2.30. The van der Waals surface area contributed by atoms with Gasteiger partial charge in [-0.05, 0) is 57.1 Å². The van der Waals surface area contributed by atoms with Gasteiger partial charge in [0.25, 0.3) is 5.91 Å². The molecule has 0 aromatic carbocycles. The Morgan fingerprint density at radius 2 is 2.00 bits per heavy atom. The minimum absolute atomic E-state index is 0.256. The molecule has 1 atom stereocenters. The van der Waals surface area contributed by atoms with Crippen molar-refractivity contribution in [3.63, 3.8) is 0 Å². The summed E-state index contributed by atoms with van der Waals surface area (Å²) in [6, 6.07) is 1.91. The van der Waals surface area contributed by atoms with E-state index < -0.39 is 5.97 Å². The van der Waals surface area contributed by atoms with Crippen LogP contribution < -0.4 is 0 Å². The normalized spacial score (nSPS) is 19.6. The summed E-state index contributed by atoms with van der Waals surface area (Å²) in [5.74, 6) is -1.23. The highest BCUT2D eigenvalue weighted by molar-refractivity contribution is 7.14. The van der Waals surface area contributed by atoms with Gasteiger partial charge in [-0.25, -0.2) is 4.79 Å². The Morgan fingerprint density at radius 1 is 1.19 bits per heavy atom. The SMILES string of the molecule is CCOC(=O)C1CCCN(C(=O)COC(=O)c2cc3c(s2)CCCC3)C1. The van der Waals surface area contributed by atoms with Crippen molar-refractivity contribution < 1.29 is 23.9 Å². The summed E-state index contributed by atoms with van der Waals surface area (Å²) in [6.45, 7) is 2.75. The lowest BCUT2D eigenvalue weighted by atomic mass is 9.98. The zero-order chi connectivity index (χ0) is 18.5. The molecule has 2 heterocycles. The predicted molar refractivity (Wildman–Crippen MR) is 97.2 cm³/mol. The van der Waals surface area contributed by atoms with Crippen LogP contribution in [0.2, 0.25) is 0 Å². The average Bonchev–Trinajstić information content (AvgIpc) is 3.10. The minimum atomic E-state index is -0.434. The number of aryl methyl sites for hydroxylation is 2. The summed E-state index contributed by atoms with van der Waals surface area (Å²) in [4.78, 5) is 39.9. The second-order valence-electron chi connectivity index (χ2n) is 6.77. The molecule has 0 saturated carbocycles. The molecule has 1 amide bonds. The fraction of sp³-hybridized carbons (Fsp3) is 0.632. The van der Waals surface area contributed by atoms with Gasteiger partial charge < -0.3 is 14.4 Å². The lowest BCUT2D eigenvalue weighted by Crippen LogP contribution is -2.44. The first-order chi connectivity index (χ1) is 12.6. The number of hydrogen-bond donors (Lipinski definition) is 0. The zero-order valence-corrected chi connectivity index (χ0v) is 15.9. The number of rotatable bonds is 5. The van der Waals surface area contributed by atoms with E-state index in [1.165, 1.54) is 21.8 Å². The first-order valence-corrected chi connectivity index (χ1v) is 10.1. The van der Waals surface area contributed by atoms with Crippen molar-refractivity contribution in [2.75, 3.05) is 26.3 Å². The zero-order valence-electron chi connectivity index (χ0n) is 15.1. The molecule has 142 valence electrons. The Kier molecular flexibility index (Phi) is 6.29. The summed E-state index contributed by atoms with van der Waals surface area (Å²) >= 11 is 1.48. The van der Waals surface area contributed by atoms with Crippen LogP contribution in [0.4, 0.5) is 0 Å². The van der Waals surface area contributed by atoms with E-state index in [0.29, 0.717) is 24.6 Å². The van der Waals surface area contributed by atoms with E-state index in [1.807, 2.05) is 6.07 Å². The Labute approximate surface area is 157 Å². The van der Waals surface area contributed by atoms with Gasteiger partial charge >= 0.3 is 11.9 Å². The van der Waals surface area contributed by atoms with Crippen LogP contribution in [-0.4, -0.2) is 49.0 Å². The lowest BCUT2D eigenvalue weighted by Gasteiger charge is -2.31. The Balaban J connectivity index is 1.50. The molecule has 2 aliphatic rings. The van der Waals surface area contributed by atoms with Gasteiger partial charge in [0.1, 0.15) is 4.88 Å². The maximum absolute atomic E-state index is 12.4. The Hall–Kier alpha value is -1.89. The number of nitrogens with zero attached hydrogens (tertiary/aromatic N) is 1. The third kappa shape index (κ3) is 4.44. The number of ether oxygens (including phenoxy) is 2. The number of esters is 2. The van der Waals surface area contributed by atoms with Crippen molar-refractivity contribution in [2.24, 2.45) is 5.92 Å². The molecule has 0 N–H and O–H groups in total. The van der Waals surface area contributed by atoms with E-state index in [0.717, 1.165) is 38.5 Å². The topological polar surface area (TPSA) is 72.9 Å². The fourth-order valence-electron chi connectivity index (χ4n) is 3.54. The molecule has 1 aromatic heterocycles. The van der Waals surface area contributed by atoms with Crippen LogP contribution in [0.5, 0.6) is 0 Å². The Bertz CT molecular complexity index is 660. The third-order valence-corrected chi connectivity index (χ3v) is 6.14. The van der Waals surface area contributed by atoms with Crippen LogP contribution in [0.25, 0.3) is 0 Å². The Morgan fingerprint density at radius 3 is 2.77 bits per heavy atom. The molecular weight excluding hydrogens is 354 g/mol. The summed E-state index contributed by atoms with van der Waals surface area (Å²) in [6.07, 6.45) is 5.84. The van der Waals surface area contributed by atoms with Crippen molar-refractivity contribution in [3.8, 4) is 0 Å². The van der Waals surface area contributed by atoms with Gasteiger partial charge in [0.15, 0.2) is 6.61 Å². The van der Waals surface area contributed by atoms with Gasteiger partial charge in [0, 0.05) is 18.0 Å². The second-order valence-corrected chi connectivity index (χ2v) is 7.91. The number of hydrogen-bond acceptors (Lipinski definition) is 6. The number of fused-ring (bicyclic) bond motifs is 1. The van der Waals surface area contributed by atoms with Crippen molar-refractivity contribution in [1.82, 2.24) is 4.90 Å². The van der Waals surface area contributed by atoms with Crippen LogP contribution >= 0.6 is 11.3 Å². The highest BCUT2D eigenvalue weighted by atomic mass is 32.1. The van der Waals surface area contributed by atoms with Gasteiger partial charge in [-0.3, -0.25) is 9.59 Å². The molecule has 1 aliphatic carbocycles. The molecule has 1 saturated heterocycles. The summed E-state index contributed by atoms with van der Waals surface area (Å²) in [7, 11) is 0. The molecule has 6 nitrogen and oxygen atoms in total. The standard InChI is InChI=1S/C19H25NO5S/c1-2-24-18(22)14-7-5-9-20(11-14)17(21)12-25-19(23)16-10-13-6-3-4-8-15(13)26-16/h10,14H,2-9,11-12H2,1H3. The predicted octanol–water partition coefficient (Wildman–Crippen LogP) is 2.59. The van der Waals surface area contributed by atoms with Crippen LogP contribution in [0.1, 0.15) is 52.7 Å². The van der Waals surface area contributed by atoms with Crippen LogP contribution in [0, 0.1) is 5.92 Å². The maximum atomic E-state index is 12.4. The van der Waals surface area contributed by atoms with E-state index in [9.17, 15) is 14.4 Å². The van der Waals surface area contributed by atoms with Gasteiger partial charge in [0.2, 0.25) is 0 Å². The van der Waals surface area contributed by atoms with Gasteiger partial charge in [0.05, 0.1) is 12.5 Å². The summed E-state index contributed by atoms with van der Waals surface area (Å²) in [5.41, 5.74) is 1.24. The van der Waals surface area contributed by atoms with Gasteiger partial charge in [-0.1, -0.05) is 0 Å². The minimum Gasteiger partial charge on any atom is -0.466 e. The number of amides is 1. The largest absolute Gasteiger partial charge is 0.466 e. The van der Waals surface area contributed by atoms with Crippen molar-refractivity contribution in [1.29, 1.82) is 0 Å². The second kappa shape index (κ2) is 8.66. The molecule has 0 spiro atoms. The summed E-state index contributed by atoms with van der Waals surface area (Å²) in [5, 5.41) is 0. The van der Waals surface area contributed by atoms with Crippen molar-refractivity contribution in [3.05, 3.63) is 21.4 Å². The smallest absolute Gasteiger partial charge is 0.348 e. The molecule has 7 heteroatoms.